The van der Waals surface area contributed by atoms with E-state index in [1.165, 1.54) is 0 Å². The van der Waals surface area contributed by atoms with Gasteiger partial charge in [0.2, 0.25) is 0 Å². The SMILES string of the molecule is C=CCC1=C(C2NC=CS2)C=COO1. The van der Waals surface area contributed by atoms with Gasteiger partial charge in [0.1, 0.15) is 11.6 Å². The summed E-state index contributed by atoms with van der Waals surface area (Å²) >= 11 is 1.71. The molecule has 2 aliphatic heterocycles. The lowest BCUT2D eigenvalue weighted by Crippen LogP contribution is -2.21. The molecule has 0 amide bonds. The third-order valence-electron chi connectivity index (χ3n) is 1.92. The van der Waals surface area contributed by atoms with Crippen LogP contribution >= 0.6 is 11.8 Å². The van der Waals surface area contributed by atoms with E-state index in [4.69, 9.17) is 9.78 Å². The first-order chi connectivity index (χ1) is 6.92. The summed E-state index contributed by atoms with van der Waals surface area (Å²) in [5.74, 6) is 0.816. The fourth-order valence-electron chi connectivity index (χ4n) is 1.29. The van der Waals surface area contributed by atoms with Gasteiger partial charge in [-0.3, -0.25) is 9.78 Å². The molecule has 0 aliphatic carbocycles. The molecule has 1 unspecified atom stereocenters. The van der Waals surface area contributed by atoms with E-state index in [0.717, 1.165) is 11.3 Å². The van der Waals surface area contributed by atoms with Gasteiger partial charge in [0.05, 0.1) is 0 Å². The van der Waals surface area contributed by atoms with Gasteiger partial charge in [-0.2, -0.15) is 0 Å². The molecule has 74 valence electrons. The molecule has 0 radical (unpaired) electrons. The van der Waals surface area contributed by atoms with Gasteiger partial charge in [0, 0.05) is 18.2 Å². The maximum atomic E-state index is 5.08. The van der Waals surface area contributed by atoms with Crippen molar-refractivity contribution in [2.45, 2.75) is 11.8 Å². The van der Waals surface area contributed by atoms with Gasteiger partial charge in [-0.1, -0.05) is 6.08 Å². The molecule has 0 saturated carbocycles. The molecule has 2 rings (SSSR count). The Morgan fingerprint density at radius 2 is 2.57 bits per heavy atom. The Balaban J connectivity index is 2.18. The van der Waals surface area contributed by atoms with Crippen LogP contribution in [0.5, 0.6) is 0 Å². The smallest absolute Gasteiger partial charge is 0.165 e. The van der Waals surface area contributed by atoms with E-state index in [1.54, 1.807) is 24.1 Å². The first kappa shape index (κ1) is 9.27. The lowest BCUT2D eigenvalue weighted by atomic mass is 10.1. The predicted octanol–water partition coefficient (Wildman–Crippen LogP) is 2.43. The molecule has 1 N–H and O–H groups in total. The molecule has 0 fully saturated rings. The van der Waals surface area contributed by atoms with Crippen molar-refractivity contribution < 1.29 is 9.78 Å². The first-order valence-corrected chi connectivity index (χ1v) is 5.26. The van der Waals surface area contributed by atoms with Crippen LogP contribution in [0.1, 0.15) is 6.42 Å². The Hall–Kier alpha value is -1.29. The standard InChI is InChI=1S/C10H11NO2S/c1-2-3-9-8(4-6-12-13-9)10-11-5-7-14-10/h2,4-7,10-11H,1,3H2. The van der Waals surface area contributed by atoms with Crippen LogP contribution in [0.4, 0.5) is 0 Å². The highest BCUT2D eigenvalue weighted by molar-refractivity contribution is 8.03. The number of hydrogen-bond donors (Lipinski definition) is 1. The Morgan fingerprint density at radius 1 is 1.64 bits per heavy atom. The van der Waals surface area contributed by atoms with Crippen LogP contribution in [0.3, 0.4) is 0 Å². The van der Waals surface area contributed by atoms with Crippen molar-refractivity contribution in [2.75, 3.05) is 0 Å². The molecular weight excluding hydrogens is 198 g/mol. The Kier molecular flexibility index (Phi) is 2.84. The van der Waals surface area contributed by atoms with Gasteiger partial charge in [-0.25, -0.2) is 0 Å². The fourth-order valence-corrected chi connectivity index (χ4v) is 2.12. The van der Waals surface area contributed by atoms with Crippen molar-refractivity contribution >= 4 is 11.8 Å². The van der Waals surface area contributed by atoms with Crippen molar-refractivity contribution in [3.05, 3.63) is 47.9 Å². The van der Waals surface area contributed by atoms with Crippen LogP contribution in [-0.2, 0) is 9.78 Å². The molecule has 0 aromatic heterocycles. The largest absolute Gasteiger partial charge is 0.375 e. The zero-order valence-electron chi connectivity index (χ0n) is 7.60. The summed E-state index contributed by atoms with van der Waals surface area (Å²) < 4.78 is 0. The van der Waals surface area contributed by atoms with E-state index in [-0.39, 0.29) is 5.37 Å². The number of nitrogens with one attached hydrogen (secondary N) is 1. The highest BCUT2D eigenvalue weighted by Gasteiger charge is 2.21. The van der Waals surface area contributed by atoms with Gasteiger partial charge >= 0.3 is 0 Å². The maximum absolute atomic E-state index is 5.08. The van der Waals surface area contributed by atoms with E-state index < -0.39 is 0 Å². The molecule has 14 heavy (non-hydrogen) atoms. The molecule has 4 heteroatoms. The van der Waals surface area contributed by atoms with Gasteiger partial charge in [0.25, 0.3) is 0 Å². The highest BCUT2D eigenvalue weighted by Crippen LogP contribution is 2.29. The van der Waals surface area contributed by atoms with Crippen LogP contribution in [-0.4, -0.2) is 5.37 Å². The Labute approximate surface area is 87.1 Å². The van der Waals surface area contributed by atoms with E-state index in [9.17, 15) is 0 Å². The average molecular weight is 209 g/mol. The molecule has 0 bridgehead atoms. The minimum Gasteiger partial charge on any atom is -0.375 e. The van der Waals surface area contributed by atoms with Crippen LogP contribution in [0.25, 0.3) is 0 Å². The molecule has 0 aromatic rings. The maximum Gasteiger partial charge on any atom is 0.165 e. The van der Waals surface area contributed by atoms with Crippen molar-refractivity contribution in [3.8, 4) is 0 Å². The lowest BCUT2D eigenvalue weighted by molar-refractivity contribution is -0.217. The Morgan fingerprint density at radius 3 is 3.29 bits per heavy atom. The van der Waals surface area contributed by atoms with Crippen LogP contribution in [0.15, 0.2) is 47.9 Å². The number of rotatable bonds is 3. The number of thioether (sulfide) groups is 1. The molecule has 1 atom stereocenters. The molecule has 0 saturated heterocycles. The van der Waals surface area contributed by atoms with Crippen molar-refractivity contribution in [1.82, 2.24) is 5.32 Å². The topological polar surface area (TPSA) is 30.5 Å². The van der Waals surface area contributed by atoms with Gasteiger partial charge in [-0.05, 0) is 11.5 Å². The van der Waals surface area contributed by atoms with E-state index in [0.29, 0.717) is 6.42 Å². The summed E-state index contributed by atoms with van der Waals surface area (Å²) in [5, 5.41) is 5.47. The second-order valence-corrected chi connectivity index (χ2v) is 3.85. The zero-order chi connectivity index (χ0) is 9.80. The third-order valence-corrected chi connectivity index (χ3v) is 2.87. The van der Waals surface area contributed by atoms with E-state index >= 15 is 0 Å². The van der Waals surface area contributed by atoms with Gasteiger partial charge < -0.3 is 5.32 Å². The van der Waals surface area contributed by atoms with E-state index in [1.807, 2.05) is 17.7 Å². The number of allylic oxidation sites excluding steroid dienone is 1. The fraction of sp³-hybridized carbons (Fsp3) is 0.200. The average Bonchev–Trinajstić information content (AvgIpc) is 2.72. The third kappa shape index (κ3) is 1.80. The predicted molar refractivity (Wildman–Crippen MR) is 56.8 cm³/mol. The second-order valence-electron chi connectivity index (χ2n) is 2.84. The van der Waals surface area contributed by atoms with Gasteiger partial charge in [-0.15, -0.1) is 18.3 Å². The minimum atomic E-state index is 0.227. The van der Waals surface area contributed by atoms with Crippen molar-refractivity contribution in [1.29, 1.82) is 0 Å². The molecule has 2 heterocycles. The molecule has 3 nitrogen and oxygen atoms in total. The summed E-state index contributed by atoms with van der Waals surface area (Å²) in [6.07, 6.45) is 7.86. The zero-order valence-corrected chi connectivity index (χ0v) is 8.42. The summed E-state index contributed by atoms with van der Waals surface area (Å²) in [6, 6.07) is 0. The monoisotopic (exact) mass is 209 g/mol. The highest BCUT2D eigenvalue weighted by atomic mass is 32.2. The molecule has 0 aromatic carbocycles. The van der Waals surface area contributed by atoms with Crippen molar-refractivity contribution in [2.24, 2.45) is 0 Å². The van der Waals surface area contributed by atoms with Crippen molar-refractivity contribution in [3.63, 3.8) is 0 Å². The normalized spacial score (nSPS) is 24.1. The quantitative estimate of drug-likeness (QED) is 0.571. The summed E-state index contributed by atoms with van der Waals surface area (Å²) in [6.45, 7) is 3.68. The lowest BCUT2D eigenvalue weighted by Gasteiger charge is -2.18. The summed E-state index contributed by atoms with van der Waals surface area (Å²) in [7, 11) is 0. The van der Waals surface area contributed by atoms with E-state index in [2.05, 4.69) is 11.9 Å². The first-order valence-electron chi connectivity index (χ1n) is 4.32. The number of hydrogen-bond acceptors (Lipinski definition) is 4. The molecule has 2 aliphatic rings. The molecular formula is C10H11NO2S. The molecule has 0 spiro atoms. The van der Waals surface area contributed by atoms with Crippen LogP contribution in [0, 0.1) is 0 Å². The van der Waals surface area contributed by atoms with Crippen LogP contribution in [0.2, 0.25) is 0 Å². The Bertz CT molecular complexity index is 312. The second kappa shape index (κ2) is 4.28. The van der Waals surface area contributed by atoms with Gasteiger partial charge in [0.15, 0.2) is 5.76 Å². The van der Waals surface area contributed by atoms with Crippen LogP contribution < -0.4 is 5.32 Å². The summed E-state index contributed by atoms with van der Waals surface area (Å²) in [5.41, 5.74) is 1.10. The summed E-state index contributed by atoms with van der Waals surface area (Å²) in [4.78, 5) is 9.86. The minimum absolute atomic E-state index is 0.227.